The first-order valence-electron chi connectivity index (χ1n) is 6.84. The van der Waals surface area contributed by atoms with Crippen molar-refractivity contribution < 1.29 is 9.72 Å². The van der Waals surface area contributed by atoms with Gasteiger partial charge < -0.3 is 10.6 Å². The van der Waals surface area contributed by atoms with Gasteiger partial charge in [-0.1, -0.05) is 12.1 Å². The number of hydrogen-bond donors (Lipinski definition) is 1. The number of benzene rings is 1. The molecule has 1 saturated heterocycles. The molecule has 1 aliphatic rings. The van der Waals surface area contributed by atoms with Gasteiger partial charge in [0.05, 0.1) is 4.92 Å². The molecule has 1 aromatic carbocycles. The van der Waals surface area contributed by atoms with Gasteiger partial charge in [-0.25, -0.2) is 0 Å². The van der Waals surface area contributed by atoms with Gasteiger partial charge in [0.2, 0.25) is 5.91 Å². The summed E-state index contributed by atoms with van der Waals surface area (Å²) < 4.78 is 0. The molecule has 0 radical (unpaired) electrons. The van der Waals surface area contributed by atoms with E-state index in [0.717, 1.165) is 24.9 Å². The van der Waals surface area contributed by atoms with E-state index in [0.29, 0.717) is 19.4 Å². The molecule has 1 fully saturated rings. The van der Waals surface area contributed by atoms with Crippen LogP contribution in [0.2, 0.25) is 0 Å². The Bertz CT molecular complexity index is 504. The Hall–Kier alpha value is -1.95. The fourth-order valence-corrected chi connectivity index (χ4v) is 2.63. The maximum Gasteiger partial charge on any atom is 0.269 e. The van der Waals surface area contributed by atoms with Crippen LogP contribution in [0.4, 0.5) is 5.69 Å². The number of nitro benzene ring substituents is 1. The van der Waals surface area contributed by atoms with Crippen LogP contribution in [0.3, 0.4) is 0 Å². The van der Waals surface area contributed by atoms with E-state index in [2.05, 4.69) is 0 Å². The van der Waals surface area contributed by atoms with Gasteiger partial charge in [0.15, 0.2) is 0 Å². The minimum atomic E-state index is -0.420. The van der Waals surface area contributed by atoms with Crippen molar-refractivity contribution >= 4 is 11.6 Å². The lowest BCUT2D eigenvalue weighted by Crippen LogP contribution is -2.39. The Balaban J connectivity index is 1.93. The van der Waals surface area contributed by atoms with Crippen molar-refractivity contribution in [2.24, 2.45) is 5.73 Å². The zero-order valence-electron chi connectivity index (χ0n) is 11.3. The van der Waals surface area contributed by atoms with Gasteiger partial charge in [0.25, 0.3) is 5.69 Å². The summed E-state index contributed by atoms with van der Waals surface area (Å²) in [6, 6.07) is 6.60. The van der Waals surface area contributed by atoms with Crippen molar-refractivity contribution in [1.82, 2.24) is 4.90 Å². The fourth-order valence-electron chi connectivity index (χ4n) is 2.63. The molecule has 6 heteroatoms. The molecule has 2 N–H and O–H groups in total. The molecule has 20 heavy (non-hydrogen) atoms. The topological polar surface area (TPSA) is 89.5 Å². The van der Waals surface area contributed by atoms with E-state index < -0.39 is 4.92 Å². The second kappa shape index (κ2) is 6.47. The van der Waals surface area contributed by atoms with Crippen molar-refractivity contribution in [3.8, 4) is 0 Å². The van der Waals surface area contributed by atoms with E-state index in [1.54, 1.807) is 6.07 Å². The molecule has 1 aromatic rings. The van der Waals surface area contributed by atoms with Crippen LogP contribution in [0.1, 0.15) is 24.8 Å². The molecule has 6 nitrogen and oxygen atoms in total. The number of likely N-dealkylation sites (tertiary alicyclic amines) is 1. The smallest absolute Gasteiger partial charge is 0.269 e. The number of aryl methyl sites for hydroxylation is 1. The van der Waals surface area contributed by atoms with Crippen LogP contribution in [-0.4, -0.2) is 34.9 Å². The summed E-state index contributed by atoms with van der Waals surface area (Å²) in [6.07, 6.45) is 2.87. The first-order valence-corrected chi connectivity index (χ1v) is 6.84. The predicted molar refractivity (Wildman–Crippen MR) is 75.2 cm³/mol. The van der Waals surface area contributed by atoms with E-state index in [1.807, 2.05) is 11.0 Å². The van der Waals surface area contributed by atoms with Crippen molar-refractivity contribution in [3.63, 3.8) is 0 Å². The maximum absolute atomic E-state index is 12.1. The molecule has 1 aliphatic heterocycles. The van der Waals surface area contributed by atoms with Crippen molar-refractivity contribution in [2.45, 2.75) is 31.7 Å². The second-order valence-electron chi connectivity index (χ2n) is 5.05. The van der Waals surface area contributed by atoms with E-state index in [1.165, 1.54) is 12.1 Å². The number of nitrogens with two attached hydrogens (primary N) is 1. The standard InChI is InChI=1S/C14H19N3O3/c15-10-13-5-2-8-16(13)14(18)7-6-11-3-1-4-12(9-11)17(19)20/h1,3-4,9,13H,2,5-8,10,15H2. The summed E-state index contributed by atoms with van der Waals surface area (Å²) in [5.41, 5.74) is 6.54. The first kappa shape index (κ1) is 14.5. The number of amides is 1. The summed E-state index contributed by atoms with van der Waals surface area (Å²) >= 11 is 0. The third kappa shape index (κ3) is 3.33. The minimum Gasteiger partial charge on any atom is -0.338 e. The average Bonchev–Trinajstić information content (AvgIpc) is 2.93. The lowest BCUT2D eigenvalue weighted by molar-refractivity contribution is -0.384. The molecule has 108 valence electrons. The Morgan fingerprint density at radius 1 is 1.50 bits per heavy atom. The van der Waals surface area contributed by atoms with Gasteiger partial charge in [-0.05, 0) is 24.8 Å². The molecule has 0 aliphatic carbocycles. The van der Waals surface area contributed by atoms with Gasteiger partial charge >= 0.3 is 0 Å². The Labute approximate surface area is 117 Å². The molecule has 1 atom stereocenters. The summed E-state index contributed by atoms with van der Waals surface area (Å²) in [4.78, 5) is 24.3. The number of carbonyl (C=O) groups is 1. The molecular formula is C14H19N3O3. The molecule has 1 unspecified atom stereocenters. The molecule has 0 bridgehead atoms. The number of hydrogen-bond acceptors (Lipinski definition) is 4. The van der Waals surface area contributed by atoms with E-state index in [-0.39, 0.29) is 17.6 Å². The van der Waals surface area contributed by atoms with Gasteiger partial charge in [-0.3, -0.25) is 14.9 Å². The number of rotatable bonds is 5. The third-order valence-corrected chi connectivity index (χ3v) is 3.72. The summed E-state index contributed by atoms with van der Waals surface area (Å²) in [5, 5.41) is 10.7. The lowest BCUT2D eigenvalue weighted by atomic mass is 10.1. The second-order valence-corrected chi connectivity index (χ2v) is 5.05. The number of carbonyl (C=O) groups excluding carboxylic acids is 1. The van der Waals surface area contributed by atoms with Crippen LogP contribution in [0.5, 0.6) is 0 Å². The zero-order chi connectivity index (χ0) is 14.5. The van der Waals surface area contributed by atoms with Crippen LogP contribution < -0.4 is 5.73 Å². The molecule has 2 rings (SSSR count). The zero-order valence-corrected chi connectivity index (χ0v) is 11.3. The molecule has 0 saturated carbocycles. The highest BCUT2D eigenvalue weighted by molar-refractivity contribution is 5.77. The largest absolute Gasteiger partial charge is 0.338 e. The summed E-state index contributed by atoms with van der Waals surface area (Å²) in [6.45, 7) is 1.28. The number of nitro groups is 1. The third-order valence-electron chi connectivity index (χ3n) is 3.72. The van der Waals surface area contributed by atoms with Crippen LogP contribution in [0.15, 0.2) is 24.3 Å². The fraction of sp³-hybridized carbons (Fsp3) is 0.500. The lowest BCUT2D eigenvalue weighted by Gasteiger charge is -2.23. The van der Waals surface area contributed by atoms with Gasteiger partial charge in [-0.2, -0.15) is 0 Å². The van der Waals surface area contributed by atoms with E-state index in [9.17, 15) is 14.9 Å². The van der Waals surface area contributed by atoms with Crippen LogP contribution in [0.25, 0.3) is 0 Å². The maximum atomic E-state index is 12.1. The highest BCUT2D eigenvalue weighted by Crippen LogP contribution is 2.19. The van der Waals surface area contributed by atoms with Gasteiger partial charge in [0, 0.05) is 37.7 Å². The van der Waals surface area contributed by atoms with Crippen LogP contribution in [0, 0.1) is 10.1 Å². The van der Waals surface area contributed by atoms with Crippen molar-refractivity contribution in [1.29, 1.82) is 0 Å². The van der Waals surface area contributed by atoms with Gasteiger partial charge in [-0.15, -0.1) is 0 Å². The first-order chi connectivity index (χ1) is 9.61. The molecule has 1 amide bonds. The molecule has 0 spiro atoms. The highest BCUT2D eigenvalue weighted by Gasteiger charge is 2.26. The Morgan fingerprint density at radius 2 is 2.30 bits per heavy atom. The summed E-state index contributed by atoms with van der Waals surface area (Å²) in [5.74, 6) is 0.0875. The van der Waals surface area contributed by atoms with E-state index >= 15 is 0 Å². The molecular weight excluding hydrogens is 258 g/mol. The molecule has 1 heterocycles. The average molecular weight is 277 g/mol. The van der Waals surface area contributed by atoms with Gasteiger partial charge in [0.1, 0.15) is 0 Å². The summed E-state index contributed by atoms with van der Waals surface area (Å²) in [7, 11) is 0. The highest BCUT2D eigenvalue weighted by atomic mass is 16.6. The SMILES string of the molecule is NCC1CCCN1C(=O)CCc1cccc([N+](=O)[O-])c1. The monoisotopic (exact) mass is 277 g/mol. The van der Waals surface area contributed by atoms with Crippen molar-refractivity contribution in [3.05, 3.63) is 39.9 Å². The normalized spacial score (nSPS) is 18.2. The van der Waals surface area contributed by atoms with E-state index in [4.69, 9.17) is 5.73 Å². The van der Waals surface area contributed by atoms with Crippen LogP contribution >= 0.6 is 0 Å². The minimum absolute atomic E-state index is 0.0657. The Morgan fingerprint density at radius 3 is 3.00 bits per heavy atom. The quantitative estimate of drug-likeness (QED) is 0.652. The Kier molecular flexibility index (Phi) is 4.68. The number of non-ortho nitro benzene ring substituents is 1. The van der Waals surface area contributed by atoms with Crippen LogP contribution in [-0.2, 0) is 11.2 Å². The van der Waals surface area contributed by atoms with Crippen molar-refractivity contribution in [2.75, 3.05) is 13.1 Å². The number of nitrogens with zero attached hydrogens (tertiary/aromatic N) is 2. The molecule has 0 aromatic heterocycles. The predicted octanol–water partition coefficient (Wildman–Crippen LogP) is 1.48.